The van der Waals surface area contributed by atoms with E-state index in [4.69, 9.17) is 4.74 Å². The maximum Gasteiger partial charge on any atom is 0.270 e. The van der Waals surface area contributed by atoms with Crippen LogP contribution >= 0.6 is 15.9 Å². The number of nitrogens with zero attached hydrogens (tertiary/aromatic N) is 2. The van der Waals surface area contributed by atoms with Gasteiger partial charge in [0.1, 0.15) is 10.3 Å². The number of likely N-dealkylation sites (tertiary alicyclic amines) is 1. The molecular weight excluding hydrogens is 350 g/mol. The molecule has 1 saturated heterocycles. The number of methoxy groups -OCH3 is 1. The molecule has 0 radical (unpaired) electrons. The maximum absolute atomic E-state index is 12.1. The zero-order valence-corrected chi connectivity index (χ0v) is 14.3. The molecule has 1 amide bonds. The Morgan fingerprint density at radius 2 is 2.27 bits per heavy atom. The number of pyridine rings is 1. The summed E-state index contributed by atoms with van der Waals surface area (Å²) < 4.78 is 5.59. The second-order valence-corrected chi connectivity index (χ2v) is 6.32. The van der Waals surface area contributed by atoms with Crippen LogP contribution in [0.1, 0.15) is 23.3 Å². The highest BCUT2D eigenvalue weighted by Crippen LogP contribution is 2.12. The van der Waals surface area contributed by atoms with Crippen molar-refractivity contribution in [1.82, 2.24) is 15.2 Å². The Morgan fingerprint density at radius 3 is 2.91 bits per heavy atom. The normalized spacial score (nSPS) is 18.1. The number of carbonyl (C=O) groups excluding carboxylic acids is 1. The molecule has 7 heteroatoms. The molecule has 1 fully saturated rings. The van der Waals surface area contributed by atoms with Crippen molar-refractivity contribution in [1.29, 1.82) is 0 Å². The lowest BCUT2D eigenvalue weighted by molar-refractivity contribution is 0.0309. The van der Waals surface area contributed by atoms with E-state index in [0.29, 0.717) is 23.4 Å². The Hall–Kier alpha value is -1.02. The number of hydrogen-bond acceptors (Lipinski definition) is 5. The van der Waals surface area contributed by atoms with E-state index in [9.17, 15) is 9.90 Å². The van der Waals surface area contributed by atoms with Gasteiger partial charge in [0.05, 0.1) is 12.7 Å². The van der Waals surface area contributed by atoms with Crippen LogP contribution in [0.3, 0.4) is 0 Å². The van der Waals surface area contributed by atoms with Crippen LogP contribution in [0.5, 0.6) is 0 Å². The number of nitrogens with one attached hydrogen (secondary N) is 1. The van der Waals surface area contributed by atoms with Gasteiger partial charge in [-0.1, -0.05) is 6.07 Å². The highest BCUT2D eigenvalue weighted by molar-refractivity contribution is 9.10. The molecule has 1 aromatic rings. The average molecular weight is 372 g/mol. The smallest absolute Gasteiger partial charge is 0.270 e. The third kappa shape index (κ3) is 5.31. The molecule has 2 heterocycles. The van der Waals surface area contributed by atoms with E-state index < -0.39 is 6.10 Å². The van der Waals surface area contributed by atoms with E-state index >= 15 is 0 Å². The van der Waals surface area contributed by atoms with E-state index in [0.717, 1.165) is 25.9 Å². The highest BCUT2D eigenvalue weighted by Gasteiger charge is 2.22. The summed E-state index contributed by atoms with van der Waals surface area (Å²) in [5.41, 5.74) is 0.423. The first kappa shape index (κ1) is 17.3. The zero-order chi connectivity index (χ0) is 15.9. The Labute approximate surface area is 139 Å². The Bertz CT molecular complexity index is 493. The Balaban J connectivity index is 1.76. The predicted molar refractivity (Wildman–Crippen MR) is 86.7 cm³/mol. The number of aliphatic hydroxyl groups excluding tert-OH is 1. The van der Waals surface area contributed by atoms with E-state index in [1.54, 1.807) is 25.3 Å². The average Bonchev–Trinajstić information content (AvgIpc) is 2.49. The Kier molecular flexibility index (Phi) is 6.75. The summed E-state index contributed by atoms with van der Waals surface area (Å²) in [5, 5.41) is 12.8. The second kappa shape index (κ2) is 8.57. The van der Waals surface area contributed by atoms with Gasteiger partial charge in [-0.25, -0.2) is 4.98 Å². The van der Waals surface area contributed by atoms with Crippen LogP contribution in [0.15, 0.2) is 22.8 Å². The lowest BCUT2D eigenvalue weighted by Gasteiger charge is -2.33. The standard InChI is InChI=1S/C15H22BrN3O3/c1-22-10-12(20)9-19-7-5-11(6-8-19)17-15(21)13-3-2-4-14(16)18-13/h2-4,11-12,20H,5-10H2,1H3,(H,17,21). The number of piperidine rings is 1. The van der Waals surface area contributed by atoms with Gasteiger partial charge in [0, 0.05) is 32.8 Å². The molecule has 1 unspecified atom stereocenters. The first-order valence-corrected chi connectivity index (χ1v) is 8.20. The van der Waals surface area contributed by atoms with E-state index in [1.165, 1.54) is 0 Å². The largest absolute Gasteiger partial charge is 0.389 e. The van der Waals surface area contributed by atoms with Gasteiger partial charge in [0.25, 0.3) is 5.91 Å². The van der Waals surface area contributed by atoms with Gasteiger partial charge in [0.2, 0.25) is 0 Å². The van der Waals surface area contributed by atoms with Gasteiger partial charge in [0.15, 0.2) is 0 Å². The fourth-order valence-electron chi connectivity index (χ4n) is 2.60. The molecule has 2 N–H and O–H groups in total. The third-order valence-corrected chi connectivity index (χ3v) is 4.14. The van der Waals surface area contributed by atoms with Crippen molar-refractivity contribution < 1.29 is 14.6 Å². The summed E-state index contributed by atoms with van der Waals surface area (Å²) in [6.07, 6.45) is 1.29. The van der Waals surface area contributed by atoms with Gasteiger partial charge in [-0.2, -0.15) is 0 Å². The molecule has 1 aliphatic rings. The van der Waals surface area contributed by atoms with E-state index in [2.05, 4.69) is 31.1 Å². The number of ether oxygens (including phenoxy) is 1. The molecule has 22 heavy (non-hydrogen) atoms. The number of halogens is 1. The fourth-order valence-corrected chi connectivity index (χ4v) is 2.94. The number of aliphatic hydroxyl groups is 1. The molecule has 2 rings (SSSR count). The van der Waals surface area contributed by atoms with Crippen LogP contribution in [0.4, 0.5) is 0 Å². The van der Waals surface area contributed by atoms with Gasteiger partial charge in [-0.05, 0) is 40.9 Å². The summed E-state index contributed by atoms with van der Waals surface area (Å²) in [4.78, 5) is 18.5. The number of aromatic nitrogens is 1. The number of hydrogen-bond donors (Lipinski definition) is 2. The van der Waals surface area contributed by atoms with Crippen molar-refractivity contribution in [2.24, 2.45) is 0 Å². The van der Waals surface area contributed by atoms with Crippen LogP contribution < -0.4 is 5.32 Å². The van der Waals surface area contributed by atoms with Crippen LogP contribution in [0.2, 0.25) is 0 Å². The van der Waals surface area contributed by atoms with Crippen molar-refractivity contribution in [3.8, 4) is 0 Å². The van der Waals surface area contributed by atoms with Crippen molar-refractivity contribution in [2.75, 3.05) is 33.4 Å². The van der Waals surface area contributed by atoms with E-state index in [-0.39, 0.29) is 11.9 Å². The molecule has 0 spiro atoms. The summed E-state index contributed by atoms with van der Waals surface area (Å²) >= 11 is 3.27. The molecule has 1 aliphatic heterocycles. The van der Waals surface area contributed by atoms with Gasteiger partial charge < -0.3 is 20.1 Å². The number of amides is 1. The van der Waals surface area contributed by atoms with Crippen molar-refractivity contribution in [3.63, 3.8) is 0 Å². The minimum atomic E-state index is -0.456. The minimum absolute atomic E-state index is 0.140. The zero-order valence-electron chi connectivity index (χ0n) is 12.7. The van der Waals surface area contributed by atoms with Crippen molar-refractivity contribution in [3.05, 3.63) is 28.5 Å². The summed E-state index contributed by atoms with van der Waals surface area (Å²) in [7, 11) is 1.58. The van der Waals surface area contributed by atoms with Crippen LogP contribution in [0, 0.1) is 0 Å². The van der Waals surface area contributed by atoms with Crippen LogP contribution in [-0.2, 0) is 4.74 Å². The first-order chi connectivity index (χ1) is 10.6. The van der Waals surface area contributed by atoms with Crippen LogP contribution in [-0.4, -0.2) is 66.4 Å². The third-order valence-electron chi connectivity index (χ3n) is 3.70. The number of β-amino-alcohol motifs (C(OH)–C–C–N with tert-alkyl or cyclic N) is 1. The fraction of sp³-hybridized carbons (Fsp3) is 0.600. The SMILES string of the molecule is COCC(O)CN1CCC(NC(=O)c2cccc(Br)n2)CC1. The topological polar surface area (TPSA) is 74.7 Å². The lowest BCUT2D eigenvalue weighted by Crippen LogP contribution is -2.47. The molecule has 6 nitrogen and oxygen atoms in total. The first-order valence-electron chi connectivity index (χ1n) is 7.41. The lowest BCUT2D eigenvalue weighted by atomic mass is 10.0. The molecule has 122 valence electrons. The van der Waals surface area contributed by atoms with Crippen molar-refractivity contribution >= 4 is 21.8 Å². The minimum Gasteiger partial charge on any atom is -0.389 e. The van der Waals surface area contributed by atoms with Gasteiger partial charge >= 0.3 is 0 Å². The number of carbonyl (C=O) groups is 1. The van der Waals surface area contributed by atoms with Gasteiger partial charge in [-0.3, -0.25) is 4.79 Å². The predicted octanol–water partition coefficient (Wildman–Crippen LogP) is 1.05. The molecule has 0 saturated carbocycles. The van der Waals surface area contributed by atoms with E-state index in [1.807, 2.05) is 0 Å². The molecule has 1 aromatic heterocycles. The summed E-state index contributed by atoms with van der Waals surface area (Å²) in [5.74, 6) is -0.140. The number of rotatable bonds is 6. The molecule has 1 atom stereocenters. The molecule has 0 aliphatic carbocycles. The Morgan fingerprint density at radius 1 is 1.55 bits per heavy atom. The maximum atomic E-state index is 12.1. The van der Waals surface area contributed by atoms with Crippen molar-refractivity contribution in [2.45, 2.75) is 25.0 Å². The van der Waals surface area contributed by atoms with Crippen LogP contribution in [0.25, 0.3) is 0 Å². The monoisotopic (exact) mass is 371 g/mol. The second-order valence-electron chi connectivity index (χ2n) is 5.50. The summed E-state index contributed by atoms with van der Waals surface area (Å²) in [6.45, 7) is 2.68. The molecular formula is C15H22BrN3O3. The molecule has 0 bridgehead atoms. The van der Waals surface area contributed by atoms with Gasteiger partial charge in [-0.15, -0.1) is 0 Å². The highest BCUT2D eigenvalue weighted by atomic mass is 79.9. The summed E-state index contributed by atoms with van der Waals surface area (Å²) in [6, 6.07) is 5.45. The quantitative estimate of drug-likeness (QED) is 0.731. The molecule has 0 aromatic carbocycles.